The van der Waals surface area contributed by atoms with Gasteiger partial charge in [0.1, 0.15) is 5.82 Å². The highest BCUT2D eigenvalue weighted by molar-refractivity contribution is 5.95. The molecule has 0 spiro atoms. The van der Waals surface area contributed by atoms with Crippen LogP contribution in [0.2, 0.25) is 0 Å². The van der Waals surface area contributed by atoms with Crippen LogP contribution in [0.1, 0.15) is 48.1 Å². The zero-order valence-corrected chi connectivity index (χ0v) is 21.7. The second kappa shape index (κ2) is 11.8. The Morgan fingerprint density at radius 2 is 1.82 bits per heavy atom. The van der Waals surface area contributed by atoms with Gasteiger partial charge in [-0.15, -0.1) is 0 Å². The molecule has 0 aliphatic carbocycles. The smallest absolute Gasteiger partial charge is 0.270 e. The van der Waals surface area contributed by atoms with Crippen molar-refractivity contribution >= 4 is 22.5 Å². The molecule has 0 radical (unpaired) electrons. The number of hydrogen-bond donors (Lipinski definition) is 0. The van der Waals surface area contributed by atoms with Gasteiger partial charge in [-0.2, -0.15) is 0 Å². The monoisotopic (exact) mass is 514 g/mol. The Bertz CT molecular complexity index is 1510. The number of non-ortho nitro benzene ring substituents is 1. The Morgan fingerprint density at radius 1 is 1.08 bits per heavy atom. The molecular formula is C29H30N4O5. The molecule has 9 heteroatoms. The van der Waals surface area contributed by atoms with E-state index in [-0.39, 0.29) is 30.0 Å². The molecule has 1 amide bonds. The molecule has 4 aromatic rings. The summed E-state index contributed by atoms with van der Waals surface area (Å²) in [5.41, 5.74) is 2.08. The van der Waals surface area contributed by atoms with Crippen molar-refractivity contribution in [3.8, 4) is 5.69 Å². The largest absolute Gasteiger partial charge is 0.383 e. The normalized spacial score (nSPS) is 11.9. The minimum atomic E-state index is -0.611. The number of benzene rings is 3. The van der Waals surface area contributed by atoms with Gasteiger partial charge in [-0.3, -0.25) is 24.3 Å². The lowest BCUT2D eigenvalue weighted by Crippen LogP contribution is -2.40. The van der Waals surface area contributed by atoms with Gasteiger partial charge in [0.05, 0.1) is 34.2 Å². The van der Waals surface area contributed by atoms with Crippen molar-refractivity contribution in [1.82, 2.24) is 14.5 Å². The first kappa shape index (κ1) is 26.7. The van der Waals surface area contributed by atoms with Gasteiger partial charge < -0.3 is 9.64 Å². The van der Waals surface area contributed by atoms with Crippen LogP contribution in [0.15, 0.2) is 77.6 Å². The molecule has 1 heterocycles. The molecule has 0 aliphatic rings. The summed E-state index contributed by atoms with van der Waals surface area (Å²) < 4.78 is 6.86. The quantitative estimate of drug-likeness (QED) is 0.215. The molecule has 1 unspecified atom stereocenters. The third-order valence-electron chi connectivity index (χ3n) is 6.57. The number of aryl methyl sites for hydroxylation is 1. The maximum absolute atomic E-state index is 13.8. The number of rotatable bonds is 10. The zero-order chi connectivity index (χ0) is 27.2. The number of fused-ring (bicyclic) bond motifs is 1. The number of nitro benzene ring substituents is 1. The molecule has 3 aromatic carbocycles. The highest BCUT2D eigenvalue weighted by Gasteiger charge is 2.30. The van der Waals surface area contributed by atoms with Crippen molar-refractivity contribution in [1.29, 1.82) is 0 Å². The van der Waals surface area contributed by atoms with Crippen molar-refractivity contribution in [3.63, 3.8) is 0 Å². The number of carbonyl (C=O) groups excluding carboxylic acids is 1. The Balaban J connectivity index is 1.92. The summed E-state index contributed by atoms with van der Waals surface area (Å²) >= 11 is 0. The van der Waals surface area contributed by atoms with E-state index in [1.165, 1.54) is 25.3 Å². The Kier molecular flexibility index (Phi) is 8.28. The predicted molar refractivity (Wildman–Crippen MR) is 146 cm³/mol. The summed E-state index contributed by atoms with van der Waals surface area (Å²) in [6.45, 7) is 4.41. The highest BCUT2D eigenvalue weighted by atomic mass is 16.6. The fraction of sp³-hybridized carbons (Fsp3) is 0.276. The molecule has 0 saturated carbocycles. The van der Waals surface area contributed by atoms with Crippen molar-refractivity contribution in [2.75, 3.05) is 20.3 Å². The van der Waals surface area contributed by atoms with E-state index in [1.54, 1.807) is 33.7 Å². The second-order valence-electron chi connectivity index (χ2n) is 8.87. The molecular weight excluding hydrogens is 484 g/mol. The van der Waals surface area contributed by atoms with Crippen LogP contribution in [0, 0.1) is 10.1 Å². The number of nitrogens with zero attached hydrogens (tertiary/aromatic N) is 4. The van der Waals surface area contributed by atoms with Crippen molar-refractivity contribution < 1.29 is 14.5 Å². The Labute approximate surface area is 220 Å². The number of hydrogen-bond acceptors (Lipinski definition) is 6. The van der Waals surface area contributed by atoms with Gasteiger partial charge in [-0.1, -0.05) is 44.2 Å². The van der Waals surface area contributed by atoms with E-state index in [1.807, 2.05) is 37.3 Å². The number of aromatic nitrogens is 2. The van der Waals surface area contributed by atoms with Crippen LogP contribution in [0.3, 0.4) is 0 Å². The molecule has 9 nitrogen and oxygen atoms in total. The molecule has 0 saturated heterocycles. The highest BCUT2D eigenvalue weighted by Crippen LogP contribution is 2.28. The van der Waals surface area contributed by atoms with Gasteiger partial charge in [0, 0.05) is 31.4 Å². The SMILES string of the molecule is CCc1ccc(-n2c(C(CC)N(CCOC)C(=O)c3cccc([N+](=O)[O-])c3)nc3ccccc3c2=O)cc1. The van der Waals surface area contributed by atoms with E-state index in [9.17, 15) is 19.7 Å². The zero-order valence-electron chi connectivity index (χ0n) is 21.7. The van der Waals surface area contributed by atoms with Crippen LogP contribution in [0.5, 0.6) is 0 Å². The summed E-state index contributed by atoms with van der Waals surface area (Å²) in [5, 5.41) is 11.8. The lowest BCUT2D eigenvalue weighted by Gasteiger charge is -2.32. The number of amides is 1. The van der Waals surface area contributed by atoms with Crippen LogP contribution in [0.25, 0.3) is 16.6 Å². The predicted octanol–water partition coefficient (Wildman–Crippen LogP) is 5.10. The standard InChI is InChI=1S/C29H30N4O5/c1-4-20-13-15-22(16-14-20)32-27(30-25-12-7-6-11-24(25)29(32)35)26(5-2)31(17-18-38-3)28(34)21-9-8-10-23(19-21)33(36)37/h6-16,19,26H,4-5,17-18H2,1-3H3. The molecule has 1 aromatic heterocycles. The van der Waals surface area contributed by atoms with E-state index < -0.39 is 16.9 Å². The summed E-state index contributed by atoms with van der Waals surface area (Å²) in [7, 11) is 1.54. The van der Waals surface area contributed by atoms with Crippen LogP contribution in [0.4, 0.5) is 5.69 Å². The number of methoxy groups -OCH3 is 1. The van der Waals surface area contributed by atoms with Crippen molar-refractivity contribution in [2.45, 2.75) is 32.7 Å². The van der Waals surface area contributed by atoms with Gasteiger partial charge in [-0.05, 0) is 48.7 Å². The Morgan fingerprint density at radius 3 is 2.47 bits per heavy atom. The first-order valence-corrected chi connectivity index (χ1v) is 12.5. The van der Waals surface area contributed by atoms with Crippen molar-refractivity contribution in [3.05, 3.63) is 110 Å². The molecule has 0 aliphatic heterocycles. The van der Waals surface area contributed by atoms with Gasteiger partial charge in [0.2, 0.25) is 0 Å². The van der Waals surface area contributed by atoms with E-state index in [2.05, 4.69) is 6.92 Å². The molecule has 4 rings (SSSR count). The van der Waals surface area contributed by atoms with E-state index >= 15 is 0 Å². The van der Waals surface area contributed by atoms with E-state index in [4.69, 9.17) is 9.72 Å². The van der Waals surface area contributed by atoms with Crippen molar-refractivity contribution in [2.24, 2.45) is 0 Å². The number of carbonyl (C=O) groups is 1. The van der Waals surface area contributed by atoms with Gasteiger partial charge in [-0.25, -0.2) is 4.98 Å². The van der Waals surface area contributed by atoms with Gasteiger partial charge in [0.15, 0.2) is 0 Å². The molecule has 0 bridgehead atoms. The minimum Gasteiger partial charge on any atom is -0.383 e. The molecule has 38 heavy (non-hydrogen) atoms. The number of nitro groups is 1. The Hall–Kier alpha value is -4.37. The van der Waals surface area contributed by atoms with E-state index in [0.717, 1.165) is 12.0 Å². The van der Waals surface area contributed by atoms with Crippen LogP contribution >= 0.6 is 0 Å². The van der Waals surface area contributed by atoms with Gasteiger partial charge >= 0.3 is 0 Å². The fourth-order valence-electron chi connectivity index (χ4n) is 4.55. The molecule has 0 N–H and O–H groups in total. The topological polar surface area (TPSA) is 108 Å². The average Bonchev–Trinajstić information content (AvgIpc) is 2.95. The first-order valence-electron chi connectivity index (χ1n) is 12.5. The maximum atomic E-state index is 13.8. The minimum absolute atomic E-state index is 0.174. The summed E-state index contributed by atoms with van der Waals surface area (Å²) in [6.07, 6.45) is 1.31. The van der Waals surface area contributed by atoms with Gasteiger partial charge in [0.25, 0.3) is 17.2 Å². The lowest BCUT2D eigenvalue weighted by atomic mass is 10.1. The molecule has 1 atom stereocenters. The summed E-state index contributed by atoms with van der Waals surface area (Å²) in [6, 6.07) is 19.9. The second-order valence-corrected chi connectivity index (χ2v) is 8.87. The van der Waals surface area contributed by atoms with Crippen LogP contribution in [-0.2, 0) is 11.2 Å². The number of para-hydroxylation sites is 1. The van der Waals surface area contributed by atoms with Crippen LogP contribution < -0.4 is 5.56 Å². The van der Waals surface area contributed by atoms with E-state index in [0.29, 0.717) is 28.8 Å². The maximum Gasteiger partial charge on any atom is 0.270 e. The average molecular weight is 515 g/mol. The summed E-state index contributed by atoms with van der Waals surface area (Å²) in [5.74, 6) is 0.00298. The first-order chi connectivity index (χ1) is 18.4. The molecule has 0 fully saturated rings. The number of ether oxygens (including phenoxy) is 1. The lowest BCUT2D eigenvalue weighted by molar-refractivity contribution is -0.384. The molecule has 196 valence electrons. The summed E-state index contributed by atoms with van der Waals surface area (Å²) in [4.78, 5) is 44.9. The fourth-order valence-corrected chi connectivity index (χ4v) is 4.55. The third-order valence-corrected chi connectivity index (χ3v) is 6.57. The third kappa shape index (κ3) is 5.33. The van der Waals surface area contributed by atoms with Crippen LogP contribution in [-0.4, -0.2) is 45.5 Å².